The Bertz CT molecular complexity index is 2250. The van der Waals surface area contributed by atoms with E-state index in [0.29, 0.717) is 74.6 Å². The first-order chi connectivity index (χ1) is 25.1. The van der Waals surface area contributed by atoms with Crippen LogP contribution in [0.4, 0.5) is 0 Å². The van der Waals surface area contributed by atoms with Crippen LogP contribution in [0.3, 0.4) is 0 Å². The number of nitrogens with zero attached hydrogens (tertiary/aromatic N) is 4. The number of fused-ring (bicyclic) bond motifs is 1. The number of aliphatic hydroxyl groups excluding tert-OH is 1. The number of carboxylic acids is 1. The first kappa shape index (κ1) is 35.5. The van der Waals surface area contributed by atoms with Gasteiger partial charge >= 0.3 is 5.97 Å². The van der Waals surface area contributed by atoms with Gasteiger partial charge in [0.15, 0.2) is 0 Å². The van der Waals surface area contributed by atoms with Crippen LogP contribution in [-0.4, -0.2) is 79.7 Å². The summed E-state index contributed by atoms with van der Waals surface area (Å²) in [5.74, 6) is -0.485. The Morgan fingerprint density at radius 3 is 2.46 bits per heavy atom. The highest BCUT2D eigenvalue weighted by Gasteiger charge is 2.36. The molecule has 3 atom stereocenters. The molecule has 0 aliphatic carbocycles. The van der Waals surface area contributed by atoms with E-state index < -0.39 is 18.1 Å². The lowest BCUT2D eigenvalue weighted by Crippen LogP contribution is -2.37. The summed E-state index contributed by atoms with van der Waals surface area (Å²) in [5.41, 5.74) is 5.48. The Balaban J connectivity index is 1.14. The second-order valence-electron chi connectivity index (χ2n) is 13.0. The molecule has 0 radical (unpaired) electrons. The zero-order valence-electron chi connectivity index (χ0n) is 28.2. The summed E-state index contributed by atoms with van der Waals surface area (Å²) in [7, 11) is 1.57. The number of aliphatic hydroxyl groups is 1. The number of pyridine rings is 2. The monoisotopic (exact) mass is 742 g/mol. The Morgan fingerprint density at radius 1 is 1.02 bits per heavy atom. The van der Waals surface area contributed by atoms with Crippen LogP contribution < -0.4 is 20.9 Å². The Kier molecular flexibility index (Phi) is 10.3. The van der Waals surface area contributed by atoms with Crippen LogP contribution in [0.25, 0.3) is 39.2 Å². The number of halogens is 2. The lowest BCUT2D eigenvalue weighted by atomic mass is 9.97. The minimum absolute atomic E-state index is 0.0598. The van der Waals surface area contributed by atoms with Crippen molar-refractivity contribution in [1.82, 2.24) is 29.9 Å². The fourth-order valence-corrected chi connectivity index (χ4v) is 7.62. The van der Waals surface area contributed by atoms with Crippen molar-refractivity contribution in [2.24, 2.45) is 0 Å². The second-order valence-corrected chi connectivity index (χ2v) is 13.8. The fourth-order valence-electron chi connectivity index (χ4n) is 6.96. The molecule has 12 nitrogen and oxygen atoms in total. The van der Waals surface area contributed by atoms with Crippen molar-refractivity contribution < 1.29 is 24.5 Å². The predicted molar refractivity (Wildman–Crippen MR) is 197 cm³/mol. The minimum Gasteiger partial charge on any atom is -0.481 e. The van der Waals surface area contributed by atoms with Gasteiger partial charge in [-0.15, -0.1) is 0 Å². The van der Waals surface area contributed by atoms with Gasteiger partial charge in [-0.2, -0.15) is 0 Å². The van der Waals surface area contributed by atoms with Crippen molar-refractivity contribution in [2.75, 3.05) is 20.2 Å². The molecule has 1 unspecified atom stereocenters. The molecule has 2 aliphatic heterocycles. The number of β-amino-alcohol motifs (C(OH)–C–C–N with tert-alkyl or cyclic N) is 1. The lowest BCUT2D eigenvalue weighted by Gasteiger charge is -2.20. The van der Waals surface area contributed by atoms with Crippen LogP contribution >= 0.6 is 23.2 Å². The van der Waals surface area contributed by atoms with Gasteiger partial charge < -0.3 is 25.6 Å². The first-order valence-corrected chi connectivity index (χ1v) is 17.6. The number of aliphatic carboxylic acids is 1. The van der Waals surface area contributed by atoms with Gasteiger partial charge in [0.2, 0.25) is 11.8 Å². The van der Waals surface area contributed by atoms with Gasteiger partial charge in [-0.1, -0.05) is 65.7 Å². The fraction of sp³-hybridized carbons (Fsp3) is 0.289. The molecule has 2 aliphatic rings. The number of hydrogen-bond acceptors (Lipinski definition) is 9. The van der Waals surface area contributed by atoms with E-state index >= 15 is 0 Å². The van der Waals surface area contributed by atoms with E-state index in [4.69, 9.17) is 32.9 Å². The number of carbonyl (C=O) groups excluding carboxylic acids is 1. The highest BCUT2D eigenvalue weighted by Crippen LogP contribution is 2.42. The van der Waals surface area contributed by atoms with E-state index in [1.807, 2.05) is 48.5 Å². The van der Waals surface area contributed by atoms with Gasteiger partial charge in [0.05, 0.1) is 34.5 Å². The molecule has 1 amide bonds. The third-order valence-electron chi connectivity index (χ3n) is 9.62. The Hall–Kier alpha value is -4.85. The molecule has 5 heterocycles. The summed E-state index contributed by atoms with van der Waals surface area (Å²) in [4.78, 5) is 47.4. The molecular weight excluding hydrogens is 707 g/mol. The van der Waals surface area contributed by atoms with Crippen molar-refractivity contribution in [3.8, 4) is 39.4 Å². The van der Waals surface area contributed by atoms with Crippen LogP contribution in [0.2, 0.25) is 10.0 Å². The van der Waals surface area contributed by atoms with E-state index in [0.717, 1.165) is 17.5 Å². The quantitative estimate of drug-likeness (QED) is 0.148. The van der Waals surface area contributed by atoms with Crippen LogP contribution in [-0.2, 0) is 22.7 Å². The van der Waals surface area contributed by atoms with Crippen LogP contribution in [0.5, 0.6) is 5.88 Å². The number of carboxylic acid groups (broad SMARTS) is 1. The van der Waals surface area contributed by atoms with Gasteiger partial charge in [0.1, 0.15) is 11.7 Å². The second kappa shape index (κ2) is 15.0. The number of carbonyl (C=O) groups is 2. The summed E-state index contributed by atoms with van der Waals surface area (Å²) >= 11 is 14.2. The summed E-state index contributed by atoms with van der Waals surface area (Å²) in [6.45, 7) is 1.40. The smallest absolute Gasteiger partial charge is 0.321 e. The molecule has 5 aromatic rings. The Labute approximate surface area is 309 Å². The van der Waals surface area contributed by atoms with Crippen molar-refractivity contribution in [1.29, 1.82) is 0 Å². The maximum atomic E-state index is 13.4. The van der Waals surface area contributed by atoms with Crippen LogP contribution in [0.1, 0.15) is 30.4 Å². The summed E-state index contributed by atoms with van der Waals surface area (Å²) in [6.07, 6.45) is 3.79. The summed E-state index contributed by atoms with van der Waals surface area (Å²) in [5, 5.41) is 26.8. The van der Waals surface area contributed by atoms with Gasteiger partial charge in [-0.3, -0.25) is 23.7 Å². The number of amides is 1. The molecule has 2 fully saturated rings. The van der Waals surface area contributed by atoms with E-state index in [2.05, 4.69) is 15.6 Å². The number of benzene rings is 2. The van der Waals surface area contributed by atoms with Crippen LogP contribution in [0, 0.1) is 0 Å². The number of methoxy groups -OCH3 is 1. The maximum absolute atomic E-state index is 13.4. The molecule has 268 valence electrons. The standard InChI is InChI=1S/C38H36Cl2N6O6/c1-52-36-22(16-41-18-24-9-11-33(48)43-24)8-10-30(44-36)29-7-3-6-28(35(29)40)27-5-2-4-26(34(27)39)21-12-13-46-32(14-21)42-17-23(37(46)49)19-45-20-25(47)15-31(45)38(50)51/h2-8,10,12-14,17,24-25,31,41,47H,9,11,15-16,18-20H2,1H3,(H,43,48)(H,50,51)/t24?,25-,31+/m0/s1. The van der Waals surface area contributed by atoms with E-state index in [1.54, 1.807) is 30.3 Å². The lowest BCUT2D eigenvalue weighted by molar-refractivity contribution is -0.142. The van der Waals surface area contributed by atoms with E-state index in [1.165, 1.54) is 10.6 Å². The number of hydrogen-bond donors (Lipinski definition) is 4. The molecule has 2 saturated heterocycles. The molecule has 3 aromatic heterocycles. The summed E-state index contributed by atoms with van der Waals surface area (Å²) in [6, 6.07) is 18.0. The number of likely N-dealkylation sites (tertiary alicyclic amines) is 1. The van der Waals surface area contributed by atoms with Gasteiger partial charge in [-0.25, -0.2) is 9.97 Å². The zero-order valence-corrected chi connectivity index (χ0v) is 29.7. The molecular formula is C38H36Cl2N6O6. The predicted octanol–water partition coefficient (Wildman–Crippen LogP) is 4.79. The van der Waals surface area contributed by atoms with Crippen molar-refractivity contribution >= 4 is 40.7 Å². The minimum atomic E-state index is -1.04. The molecule has 52 heavy (non-hydrogen) atoms. The maximum Gasteiger partial charge on any atom is 0.321 e. The molecule has 14 heteroatoms. The van der Waals surface area contributed by atoms with Crippen molar-refractivity contribution in [3.63, 3.8) is 0 Å². The molecule has 4 N–H and O–H groups in total. The molecule has 0 saturated carbocycles. The van der Waals surface area contributed by atoms with Crippen LogP contribution in [0.15, 0.2) is 77.9 Å². The van der Waals surface area contributed by atoms with Gasteiger partial charge in [0, 0.05) is 85.3 Å². The van der Waals surface area contributed by atoms with Crippen molar-refractivity contribution in [2.45, 2.75) is 50.5 Å². The third-order valence-corrected chi connectivity index (χ3v) is 10.4. The Morgan fingerprint density at radius 2 is 1.75 bits per heavy atom. The van der Waals surface area contributed by atoms with Gasteiger partial charge in [-0.05, 0) is 30.2 Å². The topological polar surface area (TPSA) is 158 Å². The van der Waals surface area contributed by atoms with Gasteiger partial charge in [0.25, 0.3) is 5.56 Å². The average molecular weight is 744 g/mol. The number of rotatable bonds is 11. The SMILES string of the molecule is COc1nc(-c2cccc(-c3cccc(-c4ccn5c(=O)c(CN6C[C@@H](O)C[C@@H]6C(=O)O)cnc5c4)c3Cl)c2Cl)ccc1CNCC1CCC(=O)N1. The first-order valence-electron chi connectivity index (χ1n) is 16.9. The zero-order chi connectivity index (χ0) is 36.5. The highest BCUT2D eigenvalue weighted by molar-refractivity contribution is 6.39. The van der Waals surface area contributed by atoms with E-state index in [9.17, 15) is 24.6 Å². The largest absolute Gasteiger partial charge is 0.481 e. The average Bonchev–Trinajstić information content (AvgIpc) is 3.73. The normalized spacial score (nSPS) is 18.9. The number of aromatic nitrogens is 3. The molecule has 0 spiro atoms. The molecule has 2 aromatic carbocycles. The molecule has 0 bridgehead atoms. The van der Waals surface area contributed by atoms with Crippen molar-refractivity contribution in [3.05, 3.63) is 105 Å². The van der Waals surface area contributed by atoms with E-state index in [-0.39, 0.29) is 37.0 Å². The number of ether oxygens (including phenoxy) is 1. The molecule has 7 rings (SSSR count). The highest BCUT2D eigenvalue weighted by atomic mass is 35.5. The third kappa shape index (κ3) is 7.12. The summed E-state index contributed by atoms with van der Waals surface area (Å²) < 4.78 is 7.05. The number of nitrogens with one attached hydrogen (secondary N) is 2.